The second-order valence-electron chi connectivity index (χ2n) is 19.0. The van der Waals surface area contributed by atoms with Gasteiger partial charge in [-0.15, -0.1) is 0 Å². The topological polar surface area (TPSA) is 159 Å². The molecule has 0 aromatic heterocycles. The van der Waals surface area contributed by atoms with Crippen LogP contribution in [-0.4, -0.2) is 141 Å². The van der Waals surface area contributed by atoms with Crippen LogP contribution in [0.2, 0.25) is 0 Å². The first kappa shape index (κ1) is 54.8. The molecular weight excluding hydrogens is 825 g/mol. The summed E-state index contributed by atoms with van der Waals surface area (Å²) in [6.07, 6.45) is 1.77. The average Bonchev–Trinajstić information content (AvgIpc) is 3.76. The van der Waals surface area contributed by atoms with Gasteiger partial charge in [0.1, 0.15) is 12.1 Å². The quantitative estimate of drug-likeness (QED) is 0.0962. The first-order chi connectivity index (χ1) is 30.8. The Morgan fingerprint density at radius 3 is 1.98 bits per heavy atom. The number of carbonyl (C=O) groups is 5. The number of hydrogen-bond donors (Lipinski definition) is 3. The number of nitrogens with zero attached hydrogens (tertiary/aromatic N) is 3. The molecule has 0 saturated carbocycles. The van der Waals surface area contributed by atoms with Crippen LogP contribution in [0.3, 0.4) is 0 Å². The number of ether oxygens (including phenoxy) is 3. The van der Waals surface area contributed by atoms with E-state index >= 15 is 0 Å². The van der Waals surface area contributed by atoms with Crippen molar-refractivity contribution >= 4 is 35.3 Å². The van der Waals surface area contributed by atoms with E-state index in [2.05, 4.69) is 59.0 Å². The van der Waals surface area contributed by atoms with Gasteiger partial charge in [0.05, 0.1) is 49.8 Å². The highest BCUT2D eigenvalue weighted by Gasteiger charge is 2.43. The fourth-order valence-corrected chi connectivity index (χ4v) is 9.32. The maximum atomic E-state index is 14.6. The van der Waals surface area contributed by atoms with Gasteiger partial charge in [-0.05, 0) is 81.2 Å². The lowest BCUT2D eigenvalue weighted by atomic mass is 9.89. The fourth-order valence-electron chi connectivity index (χ4n) is 9.32. The number of hydrogen-bond acceptors (Lipinski definition) is 10. The highest BCUT2D eigenvalue weighted by Crippen LogP contribution is 2.30. The van der Waals surface area contributed by atoms with Crippen LogP contribution in [0, 0.1) is 23.7 Å². The molecule has 4 amide bonds. The van der Waals surface area contributed by atoms with Crippen LogP contribution in [0.1, 0.15) is 99.1 Å². The molecule has 1 heterocycles. The van der Waals surface area contributed by atoms with Gasteiger partial charge in [0.25, 0.3) is 0 Å². The molecule has 1 fully saturated rings. The summed E-state index contributed by atoms with van der Waals surface area (Å²) >= 11 is 0. The molecule has 0 aliphatic carbocycles. The van der Waals surface area contributed by atoms with Crippen molar-refractivity contribution in [1.82, 2.24) is 25.3 Å². The van der Waals surface area contributed by atoms with Gasteiger partial charge in [-0.3, -0.25) is 24.1 Å². The van der Waals surface area contributed by atoms with Crippen LogP contribution in [0.25, 0.3) is 0 Å². The molecule has 65 heavy (non-hydrogen) atoms. The summed E-state index contributed by atoms with van der Waals surface area (Å²) in [4.78, 5) is 75.2. The highest BCUT2D eigenvalue weighted by atomic mass is 16.5. The van der Waals surface area contributed by atoms with E-state index in [4.69, 9.17) is 14.2 Å². The summed E-state index contributed by atoms with van der Waals surface area (Å²) in [6, 6.07) is 15.0. The van der Waals surface area contributed by atoms with Crippen molar-refractivity contribution in [2.24, 2.45) is 23.7 Å². The Morgan fingerprint density at radius 2 is 1.45 bits per heavy atom. The molecule has 0 spiro atoms. The van der Waals surface area contributed by atoms with E-state index in [0.29, 0.717) is 32.0 Å². The van der Waals surface area contributed by atoms with Crippen molar-refractivity contribution in [3.05, 3.63) is 65.7 Å². The zero-order valence-electron chi connectivity index (χ0n) is 41.9. The van der Waals surface area contributed by atoms with Gasteiger partial charge >= 0.3 is 5.97 Å². The highest BCUT2D eigenvalue weighted by molar-refractivity contribution is 5.90. The lowest BCUT2D eigenvalue weighted by Crippen LogP contribution is -2.60. The number of anilines is 1. The molecule has 14 heteroatoms. The van der Waals surface area contributed by atoms with Crippen LogP contribution >= 0.6 is 0 Å². The van der Waals surface area contributed by atoms with Gasteiger partial charge in [0.15, 0.2) is 0 Å². The summed E-state index contributed by atoms with van der Waals surface area (Å²) < 4.78 is 17.1. The van der Waals surface area contributed by atoms with Gasteiger partial charge in [0, 0.05) is 52.5 Å². The summed E-state index contributed by atoms with van der Waals surface area (Å²) in [7, 11) is 8.09. The molecule has 2 aromatic carbocycles. The minimum Gasteiger partial charge on any atom is -0.467 e. The van der Waals surface area contributed by atoms with E-state index in [1.165, 1.54) is 19.8 Å². The van der Waals surface area contributed by atoms with Crippen molar-refractivity contribution in [2.75, 3.05) is 53.8 Å². The van der Waals surface area contributed by atoms with E-state index in [-0.39, 0.29) is 54.2 Å². The van der Waals surface area contributed by atoms with Crippen LogP contribution in [-0.2, 0) is 51.0 Å². The fraction of sp³-hybridized carbons (Fsp3) is 0.667. The zero-order chi connectivity index (χ0) is 48.5. The number of carbonyl (C=O) groups excluding carboxylic acids is 5. The molecule has 3 rings (SSSR count). The number of nitrogens with one attached hydrogen (secondary N) is 3. The maximum absolute atomic E-state index is 14.6. The summed E-state index contributed by atoms with van der Waals surface area (Å²) in [5.41, 5.74) is 3.12. The minimum atomic E-state index is -0.899. The number of rotatable bonds is 26. The normalized spacial score (nSPS) is 17.8. The Kier molecular flexibility index (Phi) is 22.4. The molecule has 3 N–H and O–H groups in total. The number of methoxy groups -OCH3 is 3. The van der Waals surface area contributed by atoms with Crippen molar-refractivity contribution < 1.29 is 38.2 Å². The largest absolute Gasteiger partial charge is 0.467 e. The Balaban J connectivity index is 1.76. The molecule has 14 nitrogen and oxygen atoms in total. The van der Waals surface area contributed by atoms with Gasteiger partial charge in [-0.1, -0.05) is 97.4 Å². The predicted molar refractivity (Wildman–Crippen MR) is 257 cm³/mol. The molecular formula is C51H82N6O8. The van der Waals surface area contributed by atoms with Crippen molar-refractivity contribution in [2.45, 2.75) is 149 Å². The van der Waals surface area contributed by atoms with Crippen molar-refractivity contribution in [1.29, 1.82) is 0 Å². The predicted octanol–water partition coefficient (Wildman–Crippen LogP) is 5.97. The molecule has 9 atom stereocenters. The SMILES string of the molecule is CC[C@H](C)[C@@H]([C@@H](CC(=O)N1CCC[C@H]1[C@H](OC)[C@@H](C)C(=O)N[C@@H](Cc1ccccc1)C(=O)OC)OC)N(C)C(=O)[C@@H](NC(=O)[C@H](C(C)C)N(C)CCc1ccc(NC(C)C)cc1)C(C)C. The van der Waals surface area contributed by atoms with E-state index in [1.54, 1.807) is 30.9 Å². The van der Waals surface area contributed by atoms with Gasteiger partial charge in [-0.2, -0.15) is 0 Å². The zero-order valence-corrected chi connectivity index (χ0v) is 41.9. The van der Waals surface area contributed by atoms with Gasteiger partial charge in [-0.25, -0.2) is 4.79 Å². The van der Waals surface area contributed by atoms with Crippen molar-refractivity contribution in [3.8, 4) is 0 Å². The maximum Gasteiger partial charge on any atom is 0.328 e. The van der Waals surface area contributed by atoms with E-state index in [0.717, 1.165) is 24.1 Å². The van der Waals surface area contributed by atoms with Crippen LogP contribution in [0.15, 0.2) is 54.6 Å². The Labute approximate surface area is 390 Å². The smallest absolute Gasteiger partial charge is 0.328 e. The standard InChI is InChI=1S/C51H82N6O8/c1-15-35(8)46(56(11)50(61)44(32(2)3)54-49(60)45(33(4)5)55(10)29-27-37-23-25-39(26-24-37)52-34(6)7)42(63-12)31-43(58)57-28-19-22-41(57)47(64-13)36(9)48(59)53-40(51(62)65-14)30-38-20-17-16-18-21-38/h16-18,20-21,23-26,32-36,40-42,44-47,52H,15,19,22,27-31H2,1-14H3,(H,53,59)(H,54,60)/t35-,36+,40-,41-,42+,44-,45-,46-,47+/m0/s1. The van der Waals surface area contributed by atoms with E-state index in [1.807, 2.05) is 78.9 Å². The third-order valence-corrected chi connectivity index (χ3v) is 13.1. The summed E-state index contributed by atoms with van der Waals surface area (Å²) in [5, 5.41) is 9.44. The number of likely N-dealkylation sites (N-methyl/N-ethyl adjacent to an activating group) is 2. The molecule has 1 saturated heterocycles. The average molecular weight is 907 g/mol. The third-order valence-electron chi connectivity index (χ3n) is 13.1. The Morgan fingerprint density at radius 1 is 0.800 bits per heavy atom. The Hall–Kier alpha value is -4.53. The van der Waals surface area contributed by atoms with Crippen LogP contribution in [0.5, 0.6) is 0 Å². The number of esters is 1. The Bertz CT molecular complexity index is 1790. The lowest BCUT2D eigenvalue weighted by Gasteiger charge is -2.41. The molecule has 2 aromatic rings. The molecule has 1 aliphatic rings. The number of likely N-dealkylation sites (tertiary alicyclic amines) is 1. The first-order valence-electron chi connectivity index (χ1n) is 23.7. The lowest BCUT2D eigenvalue weighted by molar-refractivity contribution is -0.149. The summed E-state index contributed by atoms with van der Waals surface area (Å²) in [6.45, 7) is 19.1. The summed E-state index contributed by atoms with van der Waals surface area (Å²) in [5.74, 6) is -2.55. The van der Waals surface area contributed by atoms with Crippen molar-refractivity contribution in [3.63, 3.8) is 0 Å². The van der Waals surface area contributed by atoms with Crippen LogP contribution < -0.4 is 16.0 Å². The molecule has 0 unspecified atom stereocenters. The van der Waals surface area contributed by atoms with Gasteiger partial charge < -0.3 is 40.0 Å². The second kappa shape index (κ2) is 26.6. The molecule has 0 radical (unpaired) electrons. The monoisotopic (exact) mass is 907 g/mol. The van der Waals surface area contributed by atoms with Gasteiger partial charge in [0.2, 0.25) is 23.6 Å². The second-order valence-corrected chi connectivity index (χ2v) is 19.0. The third kappa shape index (κ3) is 15.5. The number of benzene rings is 2. The molecule has 364 valence electrons. The molecule has 1 aliphatic heterocycles. The number of amides is 4. The molecule has 0 bridgehead atoms. The van der Waals surface area contributed by atoms with Crippen LogP contribution in [0.4, 0.5) is 5.69 Å². The van der Waals surface area contributed by atoms with E-state index < -0.39 is 54.3 Å². The minimum absolute atomic E-state index is 0.00594. The first-order valence-corrected chi connectivity index (χ1v) is 23.7. The van der Waals surface area contributed by atoms with E-state index in [9.17, 15) is 24.0 Å².